The second kappa shape index (κ2) is 15.5. The summed E-state index contributed by atoms with van der Waals surface area (Å²) in [7, 11) is 1.34. The van der Waals surface area contributed by atoms with E-state index in [1.165, 1.54) is 19.2 Å². The smallest absolute Gasteiger partial charge is 0.410 e. The van der Waals surface area contributed by atoms with E-state index in [-0.39, 0.29) is 46.1 Å². The number of benzene rings is 3. The largest absolute Gasteiger partial charge is 0.494 e. The van der Waals surface area contributed by atoms with Crippen LogP contribution in [-0.4, -0.2) is 59.9 Å². The highest BCUT2D eigenvalue weighted by molar-refractivity contribution is 6.33. The van der Waals surface area contributed by atoms with Crippen LogP contribution in [0.3, 0.4) is 0 Å². The van der Waals surface area contributed by atoms with Crippen molar-refractivity contribution in [1.29, 1.82) is 0 Å². The molecular formula is C38H47ClFN3O6. The van der Waals surface area contributed by atoms with E-state index in [2.05, 4.69) is 5.32 Å². The van der Waals surface area contributed by atoms with Crippen LogP contribution >= 0.6 is 11.6 Å². The van der Waals surface area contributed by atoms with Gasteiger partial charge in [0.15, 0.2) is 11.6 Å². The van der Waals surface area contributed by atoms with Gasteiger partial charge in [-0.15, -0.1) is 0 Å². The molecule has 0 radical (unpaired) electrons. The fraction of sp³-hybridized carbons (Fsp3) is 0.447. The zero-order valence-corrected chi connectivity index (χ0v) is 30.0. The summed E-state index contributed by atoms with van der Waals surface area (Å²) in [4.78, 5) is 40.6. The molecule has 264 valence electrons. The van der Waals surface area contributed by atoms with Gasteiger partial charge >= 0.3 is 12.2 Å². The lowest BCUT2D eigenvalue weighted by molar-refractivity contribution is 0.00940. The first kappa shape index (κ1) is 37.5. The van der Waals surface area contributed by atoms with E-state index in [1.54, 1.807) is 17.0 Å². The number of hydrogen-bond acceptors (Lipinski definition) is 6. The lowest BCUT2D eigenvalue weighted by atomic mass is 9.86. The van der Waals surface area contributed by atoms with Gasteiger partial charge < -0.3 is 30.2 Å². The van der Waals surface area contributed by atoms with Crippen molar-refractivity contribution >= 4 is 29.7 Å². The summed E-state index contributed by atoms with van der Waals surface area (Å²) in [5, 5.41) is 3.18. The van der Waals surface area contributed by atoms with Gasteiger partial charge in [-0.1, -0.05) is 48.0 Å². The first-order valence-electron chi connectivity index (χ1n) is 16.5. The lowest BCUT2D eigenvalue weighted by Gasteiger charge is -2.39. The van der Waals surface area contributed by atoms with Crippen LogP contribution in [0.5, 0.6) is 5.75 Å². The highest BCUT2D eigenvalue weighted by Crippen LogP contribution is 2.40. The number of halogens is 2. The van der Waals surface area contributed by atoms with Gasteiger partial charge in [0, 0.05) is 40.7 Å². The Hall–Kier alpha value is -4.31. The molecule has 1 aliphatic rings. The number of alkyl carbamates (subject to hydrolysis) is 1. The number of nitrogens with zero attached hydrogens (tertiary/aromatic N) is 1. The number of hydrogen-bond donors (Lipinski definition) is 2. The molecule has 3 aromatic carbocycles. The Bertz CT molecular complexity index is 1650. The molecule has 1 saturated carbocycles. The predicted octanol–water partition coefficient (Wildman–Crippen LogP) is 8.46. The van der Waals surface area contributed by atoms with E-state index < -0.39 is 41.0 Å². The molecule has 0 saturated heterocycles. The summed E-state index contributed by atoms with van der Waals surface area (Å²) in [6.07, 6.45) is 1.63. The minimum Gasteiger partial charge on any atom is -0.494 e. The highest BCUT2D eigenvalue weighted by atomic mass is 35.5. The molecule has 1 atom stereocenters. The Morgan fingerprint density at radius 2 is 1.55 bits per heavy atom. The second-order valence-electron chi connectivity index (χ2n) is 14.4. The molecule has 3 amide bonds. The Labute approximate surface area is 293 Å². The van der Waals surface area contributed by atoms with Gasteiger partial charge in [-0.25, -0.2) is 14.0 Å². The molecule has 0 heterocycles. The van der Waals surface area contributed by atoms with Crippen LogP contribution in [0.4, 0.5) is 14.0 Å². The van der Waals surface area contributed by atoms with Crippen LogP contribution in [0, 0.1) is 5.82 Å². The molecule has 4 rings (SSSR count). The van der Waals surface area contributed by atoms with Crippen LogP contribution in [-0.2, 0) is 9.47 Å². The molecule has 1 fully saturated rings. The fourth-order valence-electron chi connectivity index (χ4n) is 6.12. The van der Waals surface area contributed by atoms with Crippen LogP contribution < -0.4 is 15.8 Å². The topological polar surface area (TPSA) is 120 Å². The third-order valence-corrected chi connectivity index (χ3v) is 8.65. The normalized spacial score (nSPS) is 17.1. The molecule has 49 heavy (non-hydrogen) atoms. The standard InChI is InChI=1S/C38H47ClFN3O6/c1-37(2,3)48-35(45)42-25-14-16-26(17-15-25)43(36(46)49-38(4,5)6)22-29(23-11-9-8-10-12-23)24-13-19-30(39)28(21-24)32-27(34(41)44)18-20-31(47-7)33(32)40/h8-13,18-21,25-26,29H,14-17,22H2,1-7H3,(H2,41,44)(H,42,45). The van der Waals surface area contributed by atoms with Gasteiger partial charge in [-0.3, -0.25) is 4.79 Å². The molecule has 1 aliphatic carbocycles. The monoisotopic (exact) mass is 695 g/mol. The number of nitrogens with two attached hydrogens (primary N) is 1. The summed E-state index contributed by atoms with van der Waals surface area (Å²) >= 11 is 6.68. The highest BCUT2D eigenvalue weighted by Gasteiger charge is 2.35. The van der Waals surface area contributed by atoms with Gasteiger partial charge in [-0.2, -0.15) is 0 Å². The third kappa shape index (κ3) is 9.88. The molecule has 0 aromatic heterocycles. The molecule has 0 spiro atoms. The number of nitrogens with one attached hydrogen (secondary N) is 1. The van der Waals surface area contributed by atoms with Crippen molar-refractivity contribution in [1.82, 2.24) is 10.2 Å². The van der Waals surface area contributed by atoms with E-state index in [1.807, 2.05) is 77.9 Å². The fourth-order valence-corrected chi connectivity index (χ4v) is 6.33. The molecule has 3 N–H and O–H groups in total. The Kier molecular flexibility index (Phi) is 11.9. The summed E-state index contributed by atoms with van der Waals surface area (Å²) in [5.74, 6) is -2.03. The van der Waals surface area contributed by atoms with Crippen molar-refractivity contribution in [2.75, 3.05) is 13.7 Å². The van der Waals surface area contributed by atoms with Crippen molar-refractivity contribution in [3.8, 4) is 16.9 Å². The number of primary amides is 1. The van der Waals surface area contributed by atoms with E-state index in [0.717, 1.165) is 11.1 Å². The first-order chi connectivity index (χ1) is 23.0. The lowest BCUT2D eigenvalue weighted by Crippen LogP contribution is -2.49. The van der Waals surface area contributed by atoms with Crippen LogP contribution in [0.25, 0.3) is 11.1 Å². The summed E-state index contributed by atoms with van der Waals surface area (Å²) in [6, 6.07) is 17.4. The zero-order chi connectivity index (χ0) is 36.1. The molecule has 11 heteroatoms. The maximum atomic E-state index is 15.8. The van der Waals surface area contributed by atoms with E-state index in [9.17, 15) is 14.4 Å². The van der Waals surface area contributed by atoms with Crippen molar-refractivity contribution in [3.63, 3.8) is 0 Å². The Balaban J connectivity index is 1.73. The molecule has 9 nitrogen and oxygen atoms in total. The second-order valence-corrected chi connectivity index (χ2v) is 14.8. The van der Waals surface area contributed by atoms with Gasteiger partial charge in [0.1, 0.15) is 11.2 Å². The summed E-state index contributed by atoms with van der Waals surface area (Å²) in [5.41, 5.74) is 6.12. The van der Waals surface area contributed by atoms with Crippen molar-refractivity contribution in [3.05, 3.63) is 88.2 Å². The minimum atomic E-state index is -0.814. The van der Waals surface area contributed by atoms with E-state index in [0.29, 0.717) is 25.7 Å². The Morgan fingerprint density at radius 1 is 0.918 bits per heavy atom. The quantitative estimate of drug-likeness (QED) is 0.232. The SMILES string of the molecule is COc1ccc(C(N)=O)c(-c2cc(C(CN(C(=O)OC(C)(C)C)C3CCC(NC(=O)OC(C)(C)C)CC3)c3ccccc3)ccc2Cl)c1F. The maximum absolute atomic E-state index is 15.8. The number of ether oxygens (including phenoxy) is 3. The average Bonchev–Trinajstić information content (AvgIpc) is 3.01. The van der Waals surface area contributed by atoms with Gasteiger partial charge in [0.05, 0.1) is 12.7 Å². The minimum absolute atomic E-state index is 0.0410. The van der Waals surface area contributed by atoms with Gasteiger partial charge in [0.25, 0.3) is 0 Å². The third-order valence-electron chi connectivity index (χ3n) is 8.32. The Morgan fingerprint density at radius 3 is 2.12 bits per heavy atom. The predicted molar refractivity (Wildman–Crippen MR) is 189 cm³/mol. The average molecular weight is 696 g/mol. The number of amides is 3. The summed E-state index contributed by atoms with van der Waals surface area (Å²) < 4.78 is 32.4. The molecule has 0 bridgehead atoms. The summed E-state index contributed by atoms with van der Waals surface area (Å²) in [6.45, 7) is 11.2. The zero-order valence-electron chi connectivity index (χ0n) is 29.3. The van der Waals surface area contributed by atoms with Crippen molar-refractivity contribution in [2.45, 2.75) is 96.4 Å². The maximum Gasteiger partial charge on any atom is 0.410 e. The first-order valence-corrected chi connectivity index (χ1v) is 16.9. The number of carbonyl (C=O) groups excluding carboxylic acids is 3. The van der Waals surface area contributed by atoms with Crippen LogP contribution in [0.1, 0.15) is 94.6 Å². The molecule has 0 aliphatic heterocycles. The molecular weight excluding hydrogens is 649 g/mol. The van der Waals surface area contributed by atoms with Crippen LogP contribution in [0.2, 0.25) is 5.02 Å². The number of methoxy groups -OCH3 is 1. The van der Waals surface area contributed by atoms with Gasteiger partial charge in [-0.05, 0) is 103 Å². The van der Waals surface area contributed by atoms with Gasteiger partial charge in [0.2, 0.25) is 5.91 Å². The number of rotatable bonds is 9. The van der Waals surface area contributed by atoms with E-state index in [4.69, 9.17) is 31.5 Å². The van der Waals surface area contributed by atoms with Crippen molar-refractivity contribution in [2.24, 2.45) is 5.73 Å². The molecule has 3 aromatic rings. The van der Waals surface area contributed by atoms with Crippen molar-refractivity contribution < 1.29 is 33.0 Å². The van der Waals surface area contributed by atoms with Crippen LogP contribution in [0.15, 0.2) is 60.7 Å². The number of carbonyl (C=O) groups is 3. The van der Waals surface area contributed by atoms with E-state index >= 15 is 4.39 Å². The molecule has 1 unspecified atom stereocenters.